The standard InChI is InChI=1S/C22H26F3N3OS.Ce/c23-22(24,25)17-6-7-21-19(16-17)28(18-4-1-2-5-20(18)30-21)9-3-8-26-10-12-27(13-11-26)14-15-29;/h1-2,4-7,16,29H,3,8-15H2;. The fraction of sp³-hybridized carbons (Fsp3) is 0.455. The molecular weight excluding hydrogens is 551 g/mol. The number of fused-ring (bicyclic) bond motifs is 2. The molecule has 0 unspecified atom stereocenters. The van der Waals surface area contributed by atoms with Crippen molar-refractivity contribution in [3.8, 4) is 0 Å². The van der Waals surface area contributed by atoms with Gasteiger partial charge in [0.25, 0.3) is 0 Å². The average molecular weight is 578 g/mol. The molecular formula is C22H26CeF3N3OS. The maximum atomic E-state index is 13.3. The molecule has 1 N–H and O–H groups in total. The largest absolute Gasteiger partial charge is 0.416 e. The van der Waals surface area contributed by atoms with Gasteiger partial charge in [0.1, 0.15) is 0 Å². The monoisotopic (exact) mass is 577 g/mol. The molecule has 0 spiro atoms. The van der Waals surface area contributed by atoms with Crippen LogP contribution in [0.3, 0.4) is 0 Å². The fourth-order valence-electron chi connectivity index (χ4n) is 4.08. The molecule has 0 aromatic heterocycles. The maximum absolute atomic E-state index is 13.3. The molecule has 0 atom stereocenters. The van der Waals surface area contributed by atoms with Crippen molar-refractivity contribution >= 4 is 23.1 Å². The van der Waals surface area contributed by atoms with Crippen LogP contribution in [0.1, 0.15) is 12.0 Å². The topological polar surface area (TPSA) is 30.0 Å². The molecule has 2 aliphatic rings. The zero-order valence-electron chi connectivity index (χ0n) is 17.2. The molecule has 4 nitrogen and oxygen atoms in total. The van der Waals surface area contributed by atoms with Crippen LogP contribution in [-0.2, 0) is 6.18 Å². The van der Waals surface area contributed by atoms with Gasteiger partial charge in [-0.3, -0.25) is 4.90 Å². The molecule has 0 bridgehead atoms. The summed E-state index contributed by atoms with van der Waals surface area (Å²) in [5.41, 5.74) is 1.01. The molecule has 0 radical (unpaired) electrons. The Morgan fingerprint density at radius 3 is 2.16 bits per heavy atom. The van der Waals surface area contributed by atoms with Crippen molar-refractivity contribution in [2.45, 2.75) is 22.4 Å². The minimum Gasteiger partial charge on any atom is -0.395 e. The van der Waals surface area contributed by atoms with Crippen LogP contribution in [0.25, 0.3) is 0 Å². The van der Waals surface area contributed by atoms with E-state index in [9.17, 15) is 13.2 Å². The third kappa shape index (κ3) is 6.16. The third-order valence-electron chi connectivity index (χ3n) is 5.69. The third-order valence-corrected chi connectivity index (χ3v) is 6.82. The van der Waals surface area contributed by atoms with E-state index in [-0.39, 0.29) is 48.4 Å². The first-order valence-electron chi connectivity index (χ1n) is 10.3. The second-order valence-electron chi connectivity index (χ2n) is 7.66. The normalized spacial score (nSPS) is 17.1. The molecule has 0 saturated carbocycles. The summed E-state index contributed by atoms with van der Waals surface area (Å²) < 4.78 is 39.9. The van der Waals surface area contributed by atoms with Crippen LogP contribution in [0.5, 0.6) is 0 Å². The molecule has 0 aliphatic carbocycles. The van der Waals surface area contributed by atoms with E-state index in [0.29, 0.717) is 18.8 Å². The first kappa shape index (κ1) is 25.3. The molecule has 2 heterocycles. The van der Waals surface area contributed by atoms with Crippen molar-refractivity contribution in [2.24, 2.45) is 0 Å². The zero-order chi connectivity index (χ0) is 21.1. The van der Waals surface area contributed by atoms with E-state index >= 15 is 0 Å². The van der Waals surface area contributed by atoms with E-state index in [1.165, 1.54) is 23.9 Å². The van der Waals surface area contributed by atoms with Crippen LogP contribution < -0.4 is 4.90 Å². The first-order valence-corrected chi connectivity index (χ1v) is 11.1. The molecule has 2 aromatic carbocycles. The average Bonchev–Trinajstić information content (AvgIpc) is 2.73. The number of benzene rings is 2. The molecule has 1 fully saturated rings. The van der Waals surface area contributed by atoms with E-state index in [1.807, 2.05) is 29.2 Å². The molecule has 9 heteroatoms. The number of rotatable bonds is 6. The van der Waals surface area contributed by atoms with Crippen LogP contribution in [0, 0.1) is 41.7 Å². The van der Waals surface area contributed by atoms with Crippen molar-refractivity contribution in [1.82, 2.24) is 9.80 Å². The number of alkyl halides is 3. The number of hydrogen-bond donors (Lipinski definition) is 1. The Balaban J connectivity index is 0.00000272. The number of para-hydroxylation sites is 1. The Morgan fingerprint density at radius 2 is 1.48 bits per heavy atom. The van der Waals surface area contributed by atoms with Gasteiger partial charge < -0.3 is 14.9 Å². The van der Waals surface area contributed by atoms with Gasteiger partial charge in [-0.1, -0.05) is 23.9 Å². The van der Waals surface area contributed by atoms with Crippen molar-refractivity contribution < 1.29 is 60.0 Å². The number of aliphatic hydroxyl groups is 1. The van der Waals surface area contributed by atoms with Gasteiger partial charge in [-0.05, 0) is 43.3 Å². The summed E-state index contributed by atoms with van der Waals surface area (Å²) >= 11 is 1.53. The van der Waals surface area contributed by atoms with Crippen LogP contribution in [0.15, 0.2) is 52.3 Å². The number of nitrogens with zero attached hydrogens (tertiary/aromatic N) is 3. The number of piperazine rings is 1. The van der Waals surface area contributed by atoms with Gasteiger partial charge >= 0.3 is 6.18 Å². The predicted octanol–water partition coefficient (Wildman–Crippen LogP) is 4.31. The predicted molar refractivity (Wildman–Crippen MR) is 114 cm³/mol. The van der Waals surface area contributed by atoms with Gasteiger partial charge in [0, 0.05) is 90.8 Å². The summed E-state index contributed by atoms with van der Waals surface area (Å²) in [6, 6.07) is 11.9. The molecule has 31 heavy (non-hydrogen) atoms. The minimum absolute atomic E-state index is 0. The van der Waals surface area contributed by atoms with E-state index in [4.69, 9.17) is 5.11 Å². The number of hydrogen-bond acceptors (Lipinski definition) is 5. The molecule has 1 saturated heterocycles. The Hall–Kier alpha value is -0.363. The zero-order valence-corrected chi connectivity index (χ0v) is 21.2. The van der Waals surface area contributed by atoms with Gasteiger partial charge in [0.05, 0.1) is 23.5 Å². The van der Waals surface area contributed by atoms with E-state index in [1.54, 1.807) is 6.07 Å². The van der Waals surface area contributed by atoms with Gasteiger partial charge in [0.15, 0.2) is 0 Å². The number of anilines is 2. The van der Waals surface area contributed by atoms with Crippen LogP contribution in [0.2, 0.25) is 0 Å². The van der Waals surface area contributed by atoms with Crippen LogP contribution in [-0.4, -0.2) is 67.3 Å². The Bertz CT molecular complexity index is 875. The van der Waals surface area contributed by atoms with Gasteiger partial charge in [-0.25, -0.2) is 0 Å². The van der Waals surface area contributed by atoms with Gasteiger partial charge in [-0.15, -0.1) is 0 Å². The first-order chi connectivity index (χ1) is 14.5. The SMILES string of the molecule is OCCN1CCN(CCCN2c3ccccc3Sc3ccc(C(F)(F)F)cc32)CC1.[Ce]. The Morgan fingerprint density at radius 1 is 0.839 bits per heavy atom. The van der Waals surface area contributed by atoms with E-state index in [2.05, 4.69) is 9.80 Å². The van der Waals surface area contributed by atoms with Crippen LogP contribution in [0.4, 0.5) is 24.5 Å². The molecule has 166 valence electrons. The van der Waals surface area contributed by atoms with Crippen molar-refractivity contribution in [1.29, 1.82) is 0 Å². The van der Waals surface area contributed by atoms with E-state index in [0.717, 1.165) is 54.6 Å². The van der Waals surface area contributed by atoms with Crippen LogP contribution >= 0.6 is 11.8 Å². The summed E-state index contributed by atoms with van der Waals surface area (Å²) in [6.07, 6.45) is -3.48. The summed E-state index contributed by atoms with van der Waals surface area (Å²) in [5, 5.41) is 9.07. The van der Waals surface area contributed by atoms with Gasteiger partial charge in [-0.2, -0.15) is 13.2 Å². The summed E-state index contributed by atoms with van der Waals surface area (Å²) in [5.74, 6) is 0. The number of β-amino-alcohol motifs (C(OH)–C–C–N with tert-alkyl or cyclic N) is 1. The quantitative estimate of drug-likeness (QED) is 0.553. The molecule has 0 amide bonds. The summed E-state index contributed by atoms with van der Waals surface area (Å²) in [4.78, 5) is 8.62. The second-order valence-corrected chi connectivity index (χ2v) is 8.75. The van der Waals surface area contributed by atoms with Crippen molar-refractivity contribution in [3.05, 3.63) is 48.0 Å². The Labute approximate surface area is 219 Å². The fourth-order valence-corrected chi connectivity index (χ4v) is 5.15. The number of aliphatic hydroxyl groups excluding tert-OH is 1. The number of halogens is 3. The second kappa shape index (κ2) is 11.2. The molecule has 2 aliphatic heterocycles. The van der Waals surface area contributed by atoms with Crippen molar-refractivity contribution in [3.63, 3.8) is 0 Å². The van der Waals surface area contributed by atoms with Gasteiger partial charge in [0.2, 0.25) is 0 Å². The molecule has 4 rings (SSSR count). The van der Waals surface area contributed by atoms with E-state index < -0.39 is 11.7 Å². The summed E-state index contributed by atoms with van der Waals surface area (Å²) in [7, 11) is 0. The Kier molecular flexibility index (Phi) is 9.11. The minimum atomic E-state index is -4.35. The van der Waals surface area contributed by atoms with Crippen molar-refractivity contribution in [2.75, 3.05) is 57.3 Å². The smallest absolute Gasteiger partial charge is 0.395 e. The maximum Gasteiger partial charge on any atom is 0.416 e. The summed E-state index contributed by atoms with van der Waals surface area (Å²) in [6.45, 7) is 6.29. The molecule has 2 aromatic rings.